The van der Waals surface area contributed by atoms with Crippen molar-refractivity contribution in [3.63, 3.8) is 0 Å². The van der Waals surface area contributed by atoms with Gasteiger partial charge in [-0.2, -0.15) is 0 Å². The summed E-state index contributed by atoms with van der Waals surface area (Å²) >= 11 is 0. The van der Waals surface area contributed by atoms with Gasteiger partial charge in [-0.25, -0.2) is 0 Å². The van der Waals surface area contributed by atoms with E-state index in [1.807, 2.05) is 32.9 Å². The van der Waals surface area contributed by atoms with Crippen LogP contribution in [0.25, 0.3) is 43.4 Å². The highest BCUT2D eigenvalue weighted by Crippen LogP contribution is 2.35. The van der Waals surface area contributed by atoms with E-state index < -0.39 is 0 Å². The average Bonchev–Trinajstić information content (AvgIpc) is 3.00. The minimum absolute atomic E-state index is 1.08. The van der Waals surface area contributed by atoms with Gasteiger partial charge in [0.2, 0.25) is 0 Å². The Labute approximate surface area is 236 Å². The van der Waals surface area contributed by atoms with Gasteiger partial charge in [0.25, 0.3) is 0 Å². The maximum absolute atomic E-state index is 3.48. The lowest BCUT2D eigenvalue weighted by molar-refractivity contribution is 1.23. The predicted molar refractivity (Wildman–Crippen MR) is 179 cm³/mol. The molecule has 0 saturated heterocycles. The Balaban J connectivity index is 0.000000215. The molecule has 0 nitrogen and oxygen atoms in total. The predicted octanol–water partition coefficient (Wildman–Crippen LogP) is 12.4. The highest BCUT2D eigenvalue weighted by molar-refractivity contribution is 6.23. The van der Waals surface area contributed by atoms with Crippen LogP contribution >= 0.6 is 0 Å². The first-order valence-electron chi connectivity index (χ1n) is 14.0. The van der Waals surface area contributed by atoms with E-state index in [1.165, 1.54) is 54.6 Å². The zero-order valence-electron chi connectivity index (χ0n) is 24.7. The number of rotatable bonds is 2. The second-order valence-corrected chi connectivity index (χ2v) is 9.08. The Morgan fingerprint density at radius 2 is 1.03 bits per heavy atom. The molecular formula is C39H44. The lowest BCUT2D eigenvalue weighted by Crippen LogP contribution is -1.85. The van der Waals surface area contributed by atoms with Gasteiger partial charge in [-0.3, -0.25) is 0 Å². The zero-order valence-corrected chi connectivity index (χ0v) is 24.7. The summed E-state index contributed by atoms with van der Waals surface area (Å²) in [6, 6.07) is 38.9. The first-order valence-corrected chi connectivity index (χ1v) is 14.0. The fourth-order valence-electron chi connectivity index (χ4n) is 4.26. The van der Waals surface area contributed by atoms with Crippen molar-refractivity contribution in [2.75, 3.05) is 0 Å². The Bertz CT molecular complexity index is 1520. The largest absolute Gasteiger partial charge is 0.103 e. The zero-order chi connectivity index (χ0) is 28.6. The topological polar surface area (TPSA) is 0 Å². The van der Waals surface area contributed by atoms with E-state index in [0.717, 1.165) is 6.42 Å². The van der Waals surface area contributed by atoms with Crippen LogP contribution in [-0.4, -0.2) is 0 Å². The molecule has 6 rings (SSSR count). The summed E-state index contributed by atoms with van der Waals surface area (Å²) < 4.78 is 0. The number of benzene rings is 6. The van der Waals surface area contributed by atoms with Gasteiger partial charge >= 0.3 is 0 Å². The van der Waals surface area contributed by atoms with E-state index in [-0.39, 0.29) is 0 Å². The number of hydrogen-bond acceptors (Lipinski definition) is 0. The Hall–Kier alpha value is -4.16. The third-order valence-corrected chi connectivity index (χ3v) is 6.19. The number of allylic oxidation sites excluding steroid dienone is 2. The van der Waals surface area contributed by atoms with Crippen molar-refractivity contribution in [3.8, 4) is 11.1 Å². The van der Waals surface area contributed by atoms with E-state index in [9.17, 15) is 0 Å². The van der Waals surface area contributed by atoms with E-state index in [2.05, 4.69) is 137 Å². The first kappa shape index (κ1) is 31.1. The fraction of sp³-hybridized carbons (Fsp3) is 0.179. The average molecular weight is 513 g/mol. The van der Waals surface area contributed by atoms with Crippen LogP contribution in [0.1, 0.15) is 45.2 Å². The summed E-state index contributed by atoms with van der Waals surface area (Å²) in [4.78, 5) is 0. The number of aryl methyl sites for hydroxylation is 2. The van der Waals surface area contributed by atoms with Gasteiger partial charge in [-0.15, -0.1) is 13.2 Å². The summed E-state index contributed by atoms with van der Waals surface area (Å²) in [6.45, 7) is 19.1. The maximum Gasteiger partial charge on any atom is -0.00241 e. The maximum atomic E-state index is 3.48. The molecule has 0 saturated carbocycles. The molecule has 0 atom stereocenters. The molecule has 0 bridgehead atoms. The fourth-order valence-corrected chi connectivity index (χ4v) is 4.26. The van der Waals surface area contributed by atoms with Gasteiger partial charge in [-0.05, 0) is 76.2 Å². The second kappa shape index (κ2) is 16.6. The van der Waals surface area contributed by atoms with Crippen LogP contribution in [-0.2, 0) is 0 Å². The normalized spacial score (nSPS) is 9.59. The van der Waals surface area contributed by atoms with Gasteiger partial charge in [0.15, 0.2) is 0 Å². The van der Waals surface area contributed by atoms with E-state index >= 15 is 0 Å². The minimum atomic E-state index is 1.08. The summed E-state index contributed by atoms with van der Waals surface area (Å²) in [5, 5.41) is 8.23. The molecule has 0 heterocycles. The number of hydrogen-bond donors (Lipinski definition) is 0. The molecule has 200 valence electrons. The molecule has 0 aromatic heterocycles. The van der Waals surface area contributed by atoms with E-state index in [0.29, 0.717) is 0 Å². The lowest BCUT2D eigenvalue weighted by atomic mass is 9.92. The lowest BCUT2D eigenvalue weighted by Gasteiger charge is -2.11. The van der Waals surface area contributed by atoms with Crippen LogP contribution in [0.15, 0.2) is 135 Å². The van der Waals surface area contributed by atoms with Crippen molar-refractivity contribution >= 4 is 32.3 Å². The molecule has 6 aromatic carbocycles. The summed E-state index contributed by atoms with van der Waals surface area (Å²) in [7, 11) is 0. The first-order chi connectivity index (χ1) is 19.0. The monoisotopic (exact) mass is 512 g/mol. The van der Waals surface area contributed by atoms with E-state index in [1.54, 1.807) is 6.08 Å². The van der Waals surface area contributed by atoms with Gasteiger partial charge in [0.05, 0.1) is 0 Å². The van der Waals surface area contributed by atoms with Gasteiger partial charge in [-0.1, -0.05) is 148 Å². The molecule has 0 heteroatoms. The summed E-state index contributed by atoms with van der Waals surface area (Å²) in [6.07, 6.45) is 4.71. The minimum Gasteiger partial charge on any atom is -0.103 e. The van der Waals surface area contributed by atoms with Crippen LogP contribution in [0, 0.1) is 13.8 Å². The SMILES string of the molecule is C=CC.C=CCC.CC.Cc1ccc(-c2ccccc2)cc1.Cc1ccc2ccc3cccc4ccc1c2c34. The van der Waals surface area contributed by atoms with Gasteiger partial charge < -0.3 is 0 Å². The molecule has 0 aliphatic heterocycles. The molecule has 0 aliphatic rings. The molecule has 39 heavy (non-hydrogen) atoms. The smallest absolute Gasteiger partial charge is 0.00241 e. The highest BCUT2D eigenvalue weighted by Gasteiger charge is 2.08. The molecule has 0 spiro atoms. The van der Waals surface area contributed by atoms with Gasteiger partial charge in [0.1, 0.15) is 0 Å². The van der Waals surface area contributed by atoms with E-state index in [4.69, 9.17) is 0 Å². The Kier molecular flexibility index (Phi) is 13.2. The molecule has 6 aromatic rings. The molecular weight excluding hydrogens is 468 g/mol. The van der Waals surface area contributed by atoms with Gasteiger partial charge in [0, 0.05) is 0 Å². The second-order valence-electron chi connectivity index (χ2n) is 9.08. The molecule has 0 radical (unpaired) electrons. The quantitative estimate of drug-likeness (QED) is 0.160. The third kappa shape index (κ3) is 8.42. The van der Waals surface area contributed by atoms with Crippen LogP contribution in [0.5, 0.6) is 0 Å². The summed E-state index contributed by atoms with van der Waals surface area (Å²) in [5.41, 5.74) is 5.23. The Morgan fingerprint density at radius 3 is 1.56 bits per heavy atom. The van der Waals surface area contributed by atoms with Crippen molar-refractivity contribution in [2.24, 2.45) is 0 Å². The Morgan fingerprint density at radius 1 is 0.564 bits per heavy atom. The molecule has 0 N–H and O–H groups in total. The highest BCUT2D eigenvalue weighted by atomic mass is 14.1. The molecule has 0 amide bonds. The van der Waals surface area contributed by atoms with Crippen LogP contribution in [0.4, 0.5) is 0 Å². The molecule has 0 unspecified atom stereocenters. The van der Waals surface area contributed by atoms with Crippen molar-refractivity contribution in [1.82, 2.24) is 0 Å². The third-order valence-electron chi connectivity index (χ3n) is 6.19. The van der Waals surface area contributed by atoms with Crippen LogP contribution in [0.2, 0.25) is 0 Å². The van der Waals surface area contributed by atoms with Crippen molar-refractivity contribution in [3.05, 3.63) is 146 Å². The summed E-state index contributed by atoms with van der Waals surface area (Å²) in [5.74, 6) is 0. The van der Waals surface area contributed by atoms with Crippen molar-refractivity contribution in [1.29, 1.82) is 0 Å². The van der Waals surface area contributed by atoms with Crippen molar-refractivity contribution < 1.29 is 0 Å². The molecule has 0 aliphatic carbocycles. The standard InChI is InChI=1S/C17H12.C13H12.C4H8.C3H6.C2H6/c1-11-5-6-14-8-7-12-3-2-4-13-9-10-15(11)17(14)16(12)13;1-11-7-9-13(10-8-11)12-5-3-2-4-6-12;1-3-4-2;1-3-2;1-2/h2-10H,1H3;2-10H,1H3;3H,1,4H2,2H3;3H,1H2,2H3;1-2H3. The van der Waals surface area contributed by atoms with Crippen LogP contribution in [0.3, 0.4) is 0 Å². The van der Waals surface area contributed by atoms with Crippen LogP contribution < -0.4 is 0 Å². The van der Waals surface area contributed by atoms with Crippen molar-refractivity contribution in [2.45, 2.75) is 48.0 Å². The molecule has 0 fully saturated rings.